The molecule has 1 N–H and O–H groups in total. The first-order valence-corrected chi connectivity index (χ1v) is 5.23. The molecule has 2 nitrogen and oxygen atoms in total. The van der Waals surface area contributed by atoms with E-state index in [2.05, 4.69) is 5.32 Å². The Balaban J connectivity index is 1.95. The van der Waals surface area contributed by atoms with Crippen molar-refractivity contribution in [3.63, 3.8) is 0 Å². The van der Waals surface area contributed by atoms with E-state index in [-0.39, 0.29) is 5.91 Å². The zero-order chi connectivity index (χ0) is 11.2. The molecular weight excluding hydrogens is 200 g/mol. The normalized spacial score (nSPS) is 9.75. The van der Waals surface area contributed by atoms with Gasteiger partial charge in [-0.2, -0.15) is 0 Å². The molecule has 2 aromatic rings. The Morgan fingerprint density at radius 3 is 2.06 bits per heavy atom. The van der Waals surface area contributed by atoms with Crippen molar-refractivity contribution >= 4 is 5.91 Å². The van der Waals surface area contributed by atoms with Crippen LogP contribution in [-0.2, 0) is 6.54 Å². The van der Waals surface area contributed by atoms with Crippen molar-refractivity contribution in [3.8, 4) is 0 Å². The van der Waals surface area contributed by atoms with E-state index in [4.69, 9.17) is 0 Å². The molecule has 0 aliphatic rings. The SMILES string of the molecule is [18O]=C(NCc1ccccc1)c1ccccc1. The van der Waals surface area contributed by atoms with Gasteiger partial charge in [-0.3, -0.25) is 4.79 Å². The molecule has 1 amide bonds. The Morgan fingerprint density at radius 1 is 0.875 bits per heavy atom. The van der Waals surface area contributed by atoms with Gasteiger partial charge in [-0.25, -0.2) is 0 Å². The topological polar surface area (TPSA) is 29.1 Å². The van der Waals surface area contributed by atoms with Gasteiger partial charge in [0.25, 0.3) is 5.91 Å². The van der Waals surface area contributed by atoms with Crippen molar-refractivity contribution in [2.45, 2.75) is 6.54 Å². The quantitative estimate of drug-likeness (QED) is 0.780. The van der Waals surface area contributed by atoms with Gasteiger partial charge in [-0.1, -0.05) is 48.5 Å². The Bertz CT molecular complexity index is 451. The third-order valence-corrected chi connectivity index (χ3v) is 2.33. The van der Waals surface area contributed by atoms with Crippen molar-refractivity contribution in [2.75, 3.05) is 0 Å². The fourth-order valence-electron chi connectivity index (χ4n) is 1.47. The Hall–Kier alpha value is -2.09. The summed E-state index contributed by atoms with van der Waals surface area (Å²) in [5.74, 6) is -0.0375. The van der Waals surface area contributed by atoms with Crippen molar-refractivity contribution in [2.24, 2.45) is 0 Å². The van der Waals surface area contributed by atoms with Crippen LogP contribution in [0.4, 0.5) is 0 Å². The van der Waals surface area contributed by atoms with Crippen LogP contribution in [-0.4, -0.2) is 5.91 Å². The molecule has 2 aromatic carbocycles. The molecule has 0 aliphatic heterocycles. The van der Waals surface area contributed by atoms with E-state index < -0.39 is 0 Å². The fourth-order valence-corrected chi connectivity index (χ4v) is 1.47. The summed E-state index contributed by atoms with van der Waals surface area (Å²) in [6.45, 7) is 0.564. The summed E-state index contributed by atoms with van der Waals surface area (Å²) >= 11 is 0. The molecule has 0 aromatic heterocycles. The second kappa shape index (κ2) is 5.12. The molecule has 0 saturated carbocycles. The second-order valence-electron chi connectivity index (χ2n) is 3.53. The van der Waals surface area contributed by atoms with Crippen molar-refractivity contribution < 1.29 is 4.79 Å². The minimum absolute atomic E-state index is 0.0375. The standard InChI is InChI=1S/C14H13NO/c16-14(13-9-5-2-6-10-13)15-11-12-7-3-1-4-8-12/h1-10H,11H2,(H,15,16)/i16+2. The van der Waals surface area contributed by atoms with Crippen LogP contribution in [0.5, 0.6) is 0 Å². The molecule has 0 heterocycles. The highest BCUT2D eigenvalue weighted by molar-refractivity contribution is 5.94. The first kappa shape index (κ1) is 10.4. The molecular formula is C14H13NO. The van der Waals surface area contributed by atoms with E-state index in [9.17, 15) is 4.79 Å². The minimum Gasteiger partial charge on any atom is -0.348 e. The number of carbonyl (C=O) groups is 1. The van der Waals surface area contributed by atoms with Crippen LogP contribution in [0.25, 0.3) is 0 Å². The van der Waals surface area contributed by atoms with Gasteiger partial charge in [-0.15, -0.1) is 0 Å². The van der Waals surface area contributed by atoms with E-state index in [0.717, 1.165) is 5.56 Å². The number of rotatable bonds is 3. The summed E-state index contributed by atoms with van der Waals surface area (Å²) in [7, 11) is 0. The molecule has 80 valence electrons. The van der Waals surface area contributed by atoms with Gasteiger partial charge in [-0.05, 0) is 17.7 Å². The largest absolute Gasteiger partial charge is 0.348 e. The molecule has 0 aliphatic carbocycles. The lowest BCUT2D eigenvalue weighted by Gasteiger charge is -2.04. The first-order valence-electron chi connectivity index (χ1n) is 5.23. The van der Waals surface area contributed by atoms with Gasteiger partial charge >= 0.3 is 0 Å². The van der Waals surface area contributed by atoms with Crippen molar-refractivity contribution in [1.29, 1.82) is 0 Å². The molecule has 0 saturated heterocycles. The van der Waals surface area contributed by atoms with Gasteiger partial charge in [0.2, 0.25) is 0 Å². The number of nitrogens with one attached hydrogen (secondary N) is 1. The summed E-state index contributed by atoms with van der Waals surface area (Å²) < 4.78 is 0. The monoisotopic (exact) mass is 213 g/mol. The Morgan fingerprint density at radius 2 is 1.44 bits per heavy atom. The van der Waals surface area contributed by atoms with Crippen LogP contribution < -0.4 is 5.32 Å². The van der Waals surface area contributed by atoms with E-state index in [1.807, 2.05) is 48.5 Å². The lowest BCUT2D eigenvalue weighted by molar-refractivity contribution is 0.0951. The second-order valence-corrected chi connectivity index (χ2v) is 3.53. The Kier molecular flexibility index (Phi) is 3.34. The third kappa shape index (κ3) is 2.70. The predicted molar refractivity (Wildman–Crippen MR) is 64.1 cm³/mol. The van der Waals surface area contributed by atoms with Crippen LogP contribution in [0.3, 0.4) is 0 Å². The molecule has 0 spiro atoms. The van der Waals surface area contributed by atoms with E-state index in [1.165, 1.54) is 0 Å². The van der Waals surface area contributed by atoms with Crippen LogP contribution in [0.15, 0.2) is 60.7 Å². The summed E-state index contributed by atoms with van der Waals surface area (Å²) in [5, 5.41) is 2.88. The number of amides is 1. The average Bonchev–Trinajstić information content (AvgIpc) is 2.38. The molecule has 16 heavy (non-hydrogen) atoms. The highest BCUT2D eigenvalue weighted by Crippen LogP contribution is 2.01. The van der Waals surface area contributed by atoms with Crippen LogP contribution in [0.1, 0.15) is 15.9 Å². The molecule has 0 bridgehead atoms. The van der Waals surface area contributed by atoms with Crippen molar-refractivity contribution in [3.05, 3.63) is 71.8 Å². The highest BCUT2D eigenvalue weighted by Gasteiger charge is 2.02. The number of hydrogen-bond donors (Lipinski definition) is 1. The van der Waals surface area contributed by atoms with Gasteiger partial charge in [0.15, 0.2) is 0 Å². The highest BCUT2D eigenvalue weighted by atomic mass is 18.1. The van der Waals surface area contributed by atoms with Crippen LogP contribution >= 0.6 is 0 Å². The van der Waals surface area contributed by atoms with Gasteiger partial charge < -0.3 is 5.32 Å². The lowest BCUT2D eigenvalue weighted by atomic mass is 10.2. The summed E-state index contributed by atoms with van der Waals surface area (Å²) in [6, 6.07) is 19.1. The van der Waals surface area contributed by atoms with Gasteiger partial charge in [0.05, 0.1) is 0 Å². The van der Waals surface area contributed by atoms with Crippen molar-refractivity contribution in [1.82, 2.24) is 5.32 Å². The summed E-state index contributed by atoms with van der Waals surface area (Å²) in [4.78, 5) is 11.7. The number of benzene rings is 2. The zero-order valence-electron chi connectivity index (χ0n) is 8.89. The molecule has 0 unspecified atom stereocenters. The zero-order valence-corrected chi connectivity index (χ0v) is 8.89. The molecule has 0 fully saturated rings. The van der Waals surface area contributed by atoms with Gasteiger partial charge in [0, 0.05) is 12.1 Å². The fraction of sp³-hybridized carbons (Fsp3) is 0.0714. The summed E-state index contributed by atoms with van der Waals surface area (Å²) in [5.41, 5.74) is 1.80. The number of hydrogen-bond acceptors (Lipinski definition) is 1. The molecule has 0 radical (unpaired) electrons. The van der Waals surface area contributed by atoms with Crippen LogP contribution in [0.2, 0.25) is 0 Å². The minimum atomic E-state index is -0.0375. The van der Waals surface area contributed by atoms with E-state index >= 15 is 0 Å². The van der Waals surface area contributed by atoms with Crippen LogP contribution in [0, 0.1) is 0 Å². The molecule has 0 atom stereocenters. The predicted octanol–water partition coefficient (Wildman–Crippen LogP) is 2.62. The number of carbonyl (C=O) groups excluding carboxylic acids is 1. The molecule has 2 heteroatoms. The third-order valence-electron chi connectivity index (χ3n) is 2.33. The summed E-state index contributed by atoms with van der Waals surface area (Å²) in [6.07, 6.45) is 0. The average molecular weight is 213 g/mol. The maximum absolute atomic E-state index is 11.7. The lowest BCUT2D eigenvalue weighted by Crippen LogP contribution is -2.22. The van der Waals surface area contributed by atoms with E-state index in [1.54, 1.807) is 12.1 Å². The maximum Gasteiger partial charge on any atom is 0.251 e. The molecule has 2 rings (SSSR count). The van der Waals surface area contributed by atoms with E-state index in [0.29, 0.717) is 12.1 Å². The van der Waals surface area contributed by atoms with Gasteiger partial charge in [0.1, 0.15) is 0 Å². The maximum atomic E-state index is 11.7. The Labute approximate surface area is 94.9 Å². The smallest absolute Gasteiger partial charge is 0.251 e. The first-order chi connectivity index (χ1) is 7.86.